The summed E-state index contributed by atoms with van der Waals surface area (Å²) in [6, 6.07) is 23.5. The van der Waals surface area contributed by atoms with E-state index < -0.39 is 0 Å². The highest BCUT2D eigenvalue weighted by atomic mass is 35.5. The van der Waals surface area contributed by atoms with Crippen LogP contribution in [0.1, 0.15) is 166 Å². The Morgan fingerprint density at radius 1 is 0.494 bits per heavy atom. The number of piperazine rings is 2. The van der Waals surface area contributed by atoms with Crippen LogP contribution in [0.2, 0.25) is 20.1 Å². The molecule has 0 saturated carbocycles. The number of carbonyl (C=O) groups is 4. The molecule has 0 aliphatic carbocycles. The molecule has 87 heavy (non-hydrogen) atoms. The number of nitrogens with one attached hydrogen (secondary N) is 1. The van der Waals surface area contributed by atoms with E-state index in [4.69, 9.17) is 72.2 Å². The first-order valence-corrected chi connectivity index (χ1v) is 34.2. The lowest BCUT2D eigenvalue weighted by molar-refractivity contribution is -0.144. The molecule has 2 saturated heterocycles. The first kappa shape index (κ1) is 71.4. The summed E-state index contributed by atoms with van der Waals surface area (Å²) in [5, 5.41) is 5.40. The molecular weight excluding hydrogens is 1210 g/mol. The number of esters is 2. The van der Waals surface area contributed by atoms with Crippen molar-refractivity contribution in [2.45, 2.75) is 168 Å². The van der Waals surface area contributed by atoms with E-state index in [2.05, 4.69) is 49.6 Å². The SMILES string of the molecule is CCCCCCCCCC(=O)OCCl.CCCCCCCCCC(=O)OCN1C(=O)CCc2ccc(OCCCCN3CCN(c4cccc(Cl)c4Cl)CC3)cc21.O=C1CCc2ccc(OCCCCN3CCN(c4cccc(Cl)c4Cl)CC3)cc2N1. The van der Waals surface area contributed by atoms with Crippen LogP contribution in [-0.2, 0) is 41.5 Å². The van der Waals surface area contributed by atoms with Crippen molar-refractivity contribution < 1.29 is 38.1 Å². The molecule has 4 aliphatic heterocycles. The average Bonchev–Trinajstić information content (AvgIpc) is 3.36. The smallest absolute Gasteiger partial charge is 0.307 e. The molecule has 0 unspecified atom stereocenters. The fourth-order valence-corrected chi connectivity index (χ4v) is 12.1. The Labute approximate surface area is 544 Å². The Kier molecular flexibility index (Phi) is 33.5. The molecule has 0 spiro atoms. The highest BCUT2D eigenvalue weighted by Gasteiger charge is 2.27. The number of alkyl halides is 1. The fraction of sp³-hybridized carbons (Fsp3) is 0.588. The molecule has 0 aromatic heterocycles. The van der Waals surface area contributed by atoms with Crippen molar-refractivity contribution in [3.8, 4) is 11.5 Å². The monoisotopic (exact) mass is 1300 g/mol. The first-order chi connectivity index (χ1) is 42.4. The third-order valence-corrected chi connectivity index (χ3v) is 18.1. The van der Waals surface area contributed by atoms with Crippen LogP contribution in [0.4, 0.5) is 22.7 Å². The van der Waals surface area contributed by atoms with Crippen LogP contribution in [0.5, 0.6) is 11.5 Å². The zero-order valence-electron chi connectivity index (χ0n) is 51.7. The number of unbranched alkanes of at least 4 members (excludes halogenated alkanes) is 14. The van der Waals surface area contributed by atoms with E-state index in [0.717, 1.165) is 169 Å². The third-order valence-electron chi connectivity index (χ3n) is 16.3. The lowest BCUT2D eigenvalue weighted by atomic mass is 10.0. The van der Waals surface area contributed by atoms with Gasteiger partial charge in [-0.05, 0) is 112 Å². The van der Waals surface area contributed by atoms with Crippen LogP contribution in [0.3, 0.4) is 0 Å². The number of rotatable bonds is 33. The van der Waals surface area contributed by atoms with Crippen molar-refractivity contribution in [2.75, 3.05) is 111 Å². The van der Waals surface area contributed by atoms with E-state index in [-0.39, 0.29) is 36.5 Å². The molecule has 0 atom stereocenters. The minimum atomic E-state index is -0.240. The van der Waals surface area contributed by atoms with Gasteiger partial charge in [0.2, 0.25) is 11.8 Å². The molecule has 19 heteroatoms. The summed E-state index contributed by atoms with van der Waals surface area (Å²) in [6.45, 7) is 15.6. The van der Waals surface area contributed by atoms with E-state index >= 15 is 0 Å². The van der Waals surface area contributed by atoms with Crippen molar-refractivity contribution in [3.05, 3.63) is 104 Å². The van der Waals surface area contributed by atoms with Crippen LogP contribution in [0.25, 0.3) is 0 Å². The number of amides is 2. The summed E-state index contributed by atoms with van der Waals surface area (Å²) >= 11 is 30.4. The molecule has 480 valence electrons. The summed E-state index contributed by atoms with van der Waals surface area (Å²) in [5.74, 6) is 1.20. The molecule has 0 radical (unpaired) electrons. The highest BCUT2D eigenvalue weighted by molar-refractivity contribution is 6.44. The van der Waals surface area contributed by atoms with Gasteiger partial charge in [0.05, 0.1) is 50.4 Å². The van der Waals surface area contributed by atoms with E-state index in [0.29, 0.717) is 65.4 Å². The maximum atomic E-state index is 12.7. The molecule has 14 nitrogen and oxygen atoms in total. The van der Waals surface area contributed by atoms with Crippen molar-refractivity contribution >= 4 is 105 Å². The highest BCUT2D eigenvalue weighted by Crippen LogP contribution is 2.36. The van der Waals surface area contributed by atoms with Gasteiger partial charge in [0, 0.05) is 95.9 Å². The summed E-state index contributed by atoms with van der Waals surface area (Å²) < 4.78 is 22.1. The second kappa shape index (κ2) is 40.9. The Morgan fingerprint density at radius 3 is 1.48 bits per heavy atom. The predicted octanol–water partition coefficient (Wildman–Crippen LogP) is 16.6. The standard InChI is InChI=1S/C34H47Cl2N3O4.C23H27Cl2N3O2.C11H21ClO2/c1-2-3-4-5-6-7-8-14-33(41)43-26-39-31-25-28(17-15-27(31)16-18-32(39)40)42-24-10-9-19-37-20-22-38(23-21-37)30-13-11-12-29(35)34(30)36;24-19-4-3-5-21(23(19)25)28-13-11-27(12-14-28)10-1-2-15-30-18-8-6-17-7-9-22(29)26-20(17)16-18;1-2-3-4-5-6-7-8-9-11(13)14-10-12/h11-13,15,17,25H,2-10,14,16,18-24,26H2,1H3;3-6,8,16H,1-2,7,9-15H2,(H,26,29);2-10H2,1H3. The molecule has 1 N–H and O–H groups in total. The minimum absolute atomic E-state index is 0.0185. The Bertz CT molecular complexity index is 2710. The van der Waals surface area contributed by atoms with Gasteiger partial charge in [-0.1, -0.05) is 173 Å². The van der Waals surface area contributed by atoms with Gasteiger partial charge in [-0.2, -0.15) is 0 Å². The quantitative estimate of drug-likeness (QED) is 0.0276. The molecule has 4 aromatic rings. The van der Waals surface area contributed by atoms with Gasteiger partial charge in [0.15, 0.2) is 12.8 Å². The second-order valence-corrected chi connectivity index (χ2v) is 24.7. The Balaban J connectivity index is 0.000000237. The Hall–Kier alpha value is -4.67. The fourth-order valence-electron chi connectivity index (χ4n) is 11.1. The van der Waals surface area contributed by atoms with E-state index in [9.17, 15) is 19.2 Å². The number of carbonyl (C=O) groups excluding carboxylic acids is 4. The molecule has 0 bridgehead atoms. The number of aryl methyl sites for hydroxylation is 2. The van der Waals surface area contributed by atoms with Crippen molar-refractivity contribution in [1.29, 1.82) is 0 Å². The van der Waals surface area contributed by atoms with Gasteiger partial charge in [0.25, 0.3) is 0 Å². The van der Waals surface area contributed by atoms with Crippen LogP contribution in [0.15, 0.2) is 72.8 Å². The van der Waals surface area contributed by atoms with Gasteiger partial charge in [0.1, 0.15) is 11.5 Å². The number of hydrogen-bond donors (Lipinski definition) is 1. The first-order valence-electron chi connectivity index (χ1n) is 32.2. The van der Waals surface area contributed by atoms with Crippen molar-refractivity contribution in [2.24, 2.45) is 0 Å². The van der Waals surface area contributed by atoms with Gasteiger partial charge >= 0.3 is 11.9 Å². The molecule has 2 amide bonds. The number of benzene rings is 4. The maximum Gasteiger partial charge on any atom is 0.307 e. The minimum Gasteiger partial charge on any atom is -0.494 e. The number of nitrogens with zero attached hydrogens (tertiary/aromatic N) is 5. The summed E-state index contributed by atoms with van der Waals surface area (Å²) in [5.41, 5.74) is 5.97. The number of halogens is 5. The molecule has 4 heterocycles. The number of ether oxygens (including phenoxy) is 4. The van der Waals surface area contributed by atoms with Gasteiger partial charge < -0.3 is 34.1 Å². The zero-order chi connectivity index (χ0) is 62.0. The number of hydrogen-bond acceptors (Lipinski definition) is 12. The normalized spacial score (nSPS) is 15.1. The van der Waals surface area contributed by atoms with Crippen molar-refractivity contribution in [3.63, 3.8) is 0 Å². The molecular formula is C68H95Cl5N6O8. The largest absolute Gasteiger partial charge is 0.494 e. The molecule has 2 fully saturated rings. The summed E-state index contributed by atoms with van der Waals surface area (Å²) in [4.78, 5) is 58.6. The lowest BCUT2D eigenvalue weighted by Gasteiger charge is -2.36. The van der Waals surface area contributed by atoms with Gasteiger partial charge in [-0.15, -0.1) is 0 Å². The Morgan fingerprint density at radius 2 is 0.966 bits per heavy atom. The summed E-state index contributed by atoms with van der Waals surface area (Å²) in [7, 11) is 0. The lowest BCUT2D eigenvalue weighted by Crippen LogP contribution is -2.46. The topological polar surface area (TPSA) is 133 Å². The van der Waals surface area contributed by atoms with Crippen molar-refractivity contribution in [1.82, 2.24) is 9.80 Å². The van der Waals surface area contributed by atoms with Crippen LogP contribution < -0.4 is 29.5 Å². The van der Waals surface area contributed by atoms with Gasteiger partial charge in [-0.25, -0.2) is 0 Å². The van der Waals surface area contributed by atoms with Crippen LogP contribution in [0, 0.1) is 0 Å². The second-order valence-electron chi connectivity index (χ2n) is 22.9. The maximum absolute atomic E-state index is 12.7. The zero-order valence-corrected chi connectivity index (χ0v) is 55.5. The van der Waals surface area contributed by atoms with Crippen LogP contribution >= 0.6 is 58.0 Å². The summed E-state index contributed by atoms with van der Waals surface area (Å²) in [6.07, 6.45) is 24.0. The molecule has 4 aromatic carbocycles. The number of fused-ring (bicyclic) bond motifs is 2. The number of anilines is 4. The third kappa shape index (κ3) is 25.6. The predicted molar refractivity (Wildman–Crippen MR) is 358 cm³/mol. The molecule has 8 rings (SSSR count). The molecule has 4 aliphatic rings. The van der Waals surface area contributed by atoms with Gasteiger partial charge in [-0.3, -0.25) is 33.9 Å². The van der Waals surface area contributed by atoms with E-state index in [1.54, 1.807) is 4.90 Å². The van der Waals surface area contributed by atoms with Crippen LogP contribution in [-0.4, -0.2) is 125 Å². The van der Waals surface area contributed by atoms with E-state index in [1.165, 1.54) is 63.4 Å². The van der Waals surface area contributed by atoms with E-state index in [1.807, 2.05) is 66.7 Å². The average molecular weight is 1300 g/mol.